The van der Waals surface area contributed by atoms with Crippen LogP contribution in [0.3, 0.4) is 0 Å². The Hall–Kier alpha value is -1.47. The largest absolute Gasteiger partial charge is 0.468 e. The summed E-state index contributed by atoms with van der Waals surface area (Å²) in [5.41, 5.74) is 0.715. The van der Waals surface area contributed by atoms with Crippen molar-refractivity contribution < 1.29 is 14.6 Å². The Morgan fingerprint density at radius 2 is 2.53 bits per heavy atom. The van der Waals surface area contributed by atoms with E-state index in [0.29, 0.717) is 18.8 Å². The number of aromatic nitrogens is 3. The number of nitrogens with zero attached hydrogens (tertiary/aromatic N) is 3. The first-order valence-corrected chi connectivity index (χ1v) is 4.53. The Labute approximate surface area is 87.0 Å². The van der Waals surface area contributed by atoms with Crippen molar-refractivity contribution in [3.8, 4) is 0 Å². The first-order valence-electron chi connectivity index (χ1n) is 4.53. The number of esters is 1. The molecule has 0 saturated heterocycles. The second-order valence-electron chi connectivity index (χ2n) is 2.88. The molecule has 0 atom stereocenters. The summed E-state index contributed by atoms with van der Waals surface area (Å²) in [4.78, 5) is 10.8. The maximum absolute atomic E-state index is 10.8. The van der Waals surface area contributed by atoms with Crippen molar-refractivity contribution >= 4 is 5.97 Å². The molecule has 0 aliphatic rings. The van der Waals surface area contributed by atoms with E-state index in [1.807, 2.05) is 0 Å². The lowest BCUT2D eigenvalue weighted by molar-refractivity contribution is -0.139. The van der Waals surface area contributed by atoms with Crippen molar-refractivity contribution in [2.45, 2.75) is 13.1 Å². The van der Waals surface area contributed by atoms with Crippen LogP contribution < -0.4 is 5.32 Å². The van der Waals surface area contributed by atoms with Crippen LogP contribution in [0.1, 0.15) is 5.69 Å². The number of nitrogens with one attached hydrogen (secondary N) is 1. The zero-order valence-corrected chi connectivity index (χ0v) is 8.51. The van der Waals surface area contributed by atoms with E-state index in [4.69, 9.17) is 5.11 Å². The molecule has 0 amide bonds. The SMILES string of the molecule is COC(=O)CNCc1cn(CCO)nn1. The molecule has 7 nitrogen and oxygen atoms in total. The molecule has 15 heavy (non-hydrogen) atoms. The fraction of sp³-hybridized carbons (Fsp3) is 0.625. The van der Waals surface area contributed by atoms with Gasteiger partial charge in [0, 0.05) is 12.7 Å². The van der Waals surface area contributed by atoms with E-state index >= 15 is 0 Å². The Morgan fingerprint density at radius 3 is 3.20 bits per heavy atom. The summed E-state index contributed by atoms with van der Waals surface area (Å²) < 4.78 is 5.99. The number of ether oxygens (including phenoxy) is 1. The lowest BCUT2D eigenvalue weighted by atomic mass is 10.4. The Bertz CT molecular complexity index is 313. The molecule has 0 aromatic carbocycles. The van der Waals surface area contributed by atoms with Crippen LogP contribution in [0, 0.1) is 0 Å². The lowest BCUT2D eigenvalue weighted by Gasteiger charge is -1.99. The van der Waals surface area contributed by atoms with Gasteiger partial charge in [0.05, 0.1) is 32.5 Å². The van der Waals surface area contributed by atoms with Gasteiger partial charge in [0.1, 0.15) is 0 Å². The average Bonchev–Trinajstić information content (AvgIpc) is 2.66. The number of carbonyl (C=O) groups excluding carboxylic acids is 1. The summed E-state index contributed by atoms with van der Waals surface area (Å²) in [7, 11) is 1.33. The van der Waals surface area contributed by atoms with Crippen molar-refractivity contribution in [1.29, 1.82) is 0 Å². The summed E-state index contributed by atoms with van der Waals surface area (Å²) in [6.07, 6.45) is 1.71. The van der Waals surface area contributed by atoms with Gasteiger partial charge in [-0.2, -0.15) is 0 Å². The van der Waals surface area contributed by atoms with Crippen LogP contribution in [0.15, 0.2) is 6.20 Å². The second-order valence-corrected chi connectivity index (χ2v) is 2.88. The van der Waals surface area contributed by atoms with Gasteiger partial charge >= 0.3 is 5.97 Å². The Morgan fingerprint density at radius 1 is 1.73 bits per heavy atom. The Kier molecular flexibility index (Phi) is 4.72. The lowest BCUT2D eigenvalue weighted by Crippen LogP contribution is -2.23. The van der Waals surface area contributed by atoms with Crippen molar-refractivity contribution in [3.63, 3.8) is 0 Å². The zero-order valence-electron chi connectivity index (χ0n) is 8.51. The van der Waals surface area contributed by atoms with E-state index in [1.54, 1.807) is 6.20 Å². The van der Waals surface area contributed by atoms with Crippen LogP contribution >= 0.6 is 0 Å². The highest BCUT2D eigenvalue weighted by Gasteiger charge is 2.02. The van der Waals surface area contributed by atoms with E-state index in [0.717, 1.165) is 0 Å². The summed E-state index contributed by atoms with van der Waals surface area (Å²) in [6.45, 7) is 1.03. The van der Waals surface area contributed by atoms with E-state index in [2.05, 4.69) is 20.4 Å². The van der Waals surface area contributed by atoms with Crippen LogP contribution in [-0.2, 0) is 22.6 Å². The molecule has 1 rings (SSSR count). The molecule has 2 N–H and O–H groups in total. The zero-order chi connectivity index (χ0) is 11.1. The number of carbonyl (C=O) groups is 1. The summed E-state index contributed by atoms with van der Waals surface area (Å²) in [5.74, 6) is -0.322. The predicted octanol–water partition coefficient (Wildman–Crippen LogP) is -1.47. The van der Waals surface area contributed by atoms with Crippen LogP contribution in [0.4, 0.5) is 0 Å². The maximum atomic E-state index is 10.8. The van der Waals surface area contributed by atoms with E-state index in [1.165, 1.54) is 11.8 Å². The van der Waals surface area contributed by atoms with Gasteiger partial charge in [-0.15, -0.1) is 5.10 Å². The molecule has 0 bridgehead atoms. The molecule has 0 spiro atoms. The normalized spacial score (nSPS) is 10.3. The molecule has 1 aromatic rings. The molecule has 0 saturated carbocycles. The van der Waals surface area contributed by atoms with Crippen LogP contribution in [-0.4, -0.2) is 46.3 Å². The highest BCUT2D eigenvalue weighted by Crippen LogP contribution is 1.91. The maximum Gasteiger partial charge on any atom is 0.319 e. The fourth-order valence-electron chi connectivity index (χ4n) is 0.996. The van der Waals surface area contributed by atoms with Crippen molar-refractivity contribution in [3.05, 3.63) is 11.9 Å². The summed E-state index contributed by atoms with van der Waals surface area (Å²) in [5, 5.41) is 19.1. The molecule has 1 aromatic heterocycles. The van der Waals surface area contributed by atoms with Gasteiger partial charge in [-0.1, -0.05) is 5.21 Å². The molecule has 7 heteroatoms. The van der Waals surface area contributed by atoms with E-state index < -0.39 is 0 Å². The minimum atomic E-state index is -0.322. The molecule has 0 aliphatic heterocycles. The molecule has 0 radical (unpaired) electrons. The van der Waals surface area contributed by atoms with E-state index in [9.17, 15) is 4.79 Å². The summed E-state index contributed by atoms with van der Waals surface area (Å²) >= 11 is 0. The molecular weight excluding hydrogens is 200 g/mol. The number of aliphatic hydroxyl groups excluding tert-OH is 1. The third-order valence-corrected chi connectivity index (χ3v) is 1.72. The quantitative estimate of drug-likeness (QED) is 0.562. The highest BCUT2D eigenvalue weighted by molar-refractivity contribution is 5.71. The third kappa shape index (κ3) is 4.05. The number of hydrogen-bond donors (Lipinski definition) is 2. The van der Waals surface area contributed by atoms with Crippen LogP contribution in [0.2, 0.25) is 0 Å². The van der Waals surface area contributed by atoms with Gasteiger partial charge in [0.2, 0.25) is 0 Å². The van der Waals surface area contributed by atoms with Crippen molar-refractivity contribution in [1.82, 2.24) is 20.3 Å². The highest BCUT2D eigenvalue weighted by atomic mass is 16.5. The predicted molar refractivity (Wildman–Crippen MR) is 50.8 cm³/mol. The molecular formula is C8H14N4O3. The molecule has 0 aliphatic carbocycles. The minimum absolute atomic E-state index is 0.0262. The summed E-state index contributed by atoms with van der Waals surface area (Å²) in [6, 6.07) is 0. The average molecular weight is 214 g/mol. The third-order valence-electron chi connectivity index (χ3n) is 1.72. The second kappa shape index (κ2) is 6.10. The first-order chi connectivity index (χ1) is 7.26. The topological polar surface area (TPSA) is 89.3 Å². The number of methoxy groups -OCH3 is 1. The first kappa shape index (κ1) is 11.6. The van der Waals surface area contributed by atoms with Gasteiger partial charge in [0.25, 0.3) is 0 Å². The molecule has 84 valence electrons. The molecule has 0 unspecified atom stereocenters. The van der Waals surface area contributed by atoms with Gasteiger partial charge in [-0.25, -0.2) is 4.68 Å². The number of aliphatic hydroxyl groups is 1. The van der Waals surface area contributed by atoms with Gasteiger partial charge in [-0.05, 0) is 0 Å². The smallest absolute Gasteiger partial charge is 0.319 e. The van der Waals surface area contributed by atoms with Crippen LogP contribution in [0.25, 0.3) is 0 Å². The van der Waals surface area contributed by atoms with Gasteiger partial charge in [0.15, 0.2) is 0 Å². The van der Waals surface area contributed by atoms with Gasteiger partial charge in [-0.3, -0.25) is 4.79 Å². The number of rotatable bonds is 6. The minimum Gasteiger partial charge on any atom is -0.468 e. The van der Waals surface area contributed by atoms with Crippen molar-refractivity contribution in [2.24, 2.45) is 0 Å². The number of hydrogen-bond acceptors (Lipinski definition) is 6. The van der Waals surface area contributed by atoms with Crippen molar-refractivity contribution in [2.75, 3.05) is 20.3 Å². The van der Waals surface area contributed by atoms with Gasteiger partial charge < -0.3 is 15.2 Å². The van der Waals surface area contributed by atoms with E-state index in [-0.39, 0.29) is 19.1 Å². The molecule has 0 fully saturated rings. The monoisotopic (exact) mass is 214 g/mol. The van der Waals surface area contributed by atoms with Crippen LogP contribution in [0.5, 0.6) is 0 Å². The fourth-order valence-corrected chi connectivity index (χ4v) is 0.996. The standard InChI is InChI=1S/C8H14N4O3/c1-15-8(14)5-9-4-7-6-12(2-3-13)11-10-7/h6,9,13H,2-5H2,1H3. The molecule has 1 heterocycles. The Balaban J connectivity index is 2.28.